The molecule has 36 heavy (non-hydrogen) atoms. The van der Waals surface area contributed by atoms with Gasteiger partial charge in [0.1, 0.15) is 18.0 Å². The van der Waals surface area contributed by atoms with E-state index in [2.05, 4.69) is 20.5 Å². The highest BCUT2D eigenvalue weighted by Gasteiger charge is 2.27. The molecule has 1 aromatic rings. The maximum absolute atomic E-state index is 12.3. The number of carboxylic acids is 1. The van der Waals surface area contributed by atoms with Gasteiger partial charge in [0.25, 0.3) is 5.97 Å². The number of carboxylic acid groups (broad SMARTS) is 1. The van der Waals surface area contributed by atoms with E-state index >= 15 is 0 Å². The molecule has 198 valence electrons. The predicted molar refractivity (Wildman–Crippen MR) is 130 cm³/mol. The van der Waals surface area contributed by atoms with Gasteiger partial charge < -0.3 is 35.8 Å². The maximum atomic E-state index is 12.3. The predicted octanol–water partition coefficient (Wildman–Crippen LogP) is 1.13. The van der Waals surface area contributed by atoms with Gasteiger partial charge in [-0.05, 0) is 12.0 Å². The minimum absolute atomic E-state index is 0.0212. The number of amides is 2. The van der Waals surface area contributed by atoms with Gasteiger partial charge in [-0.2, -0.15) is 0 Å². The minimum atomic E-state index is -1.07. The number of oxime groups is 1. The second-order valence-electron chi connectivity index (χ2n) is 7.70. The number of benzene rings is 1. The number of esters is 1. The number of carbonyl (C=O) groups excluding carboxylic acids is 3. The molecule has 0 unspecified atom stereocenters. The Morgan fingerprint density at radius 3 is 2.47 bits per heavy atom. The van der Waals surface area contributed by atoms with Gasteiger partial charge >= 0.3 is 12.1 Å². The summed E-state index contributed by atoms with van der Waals surface area (Å²) in [5.41, 5.74) is 7.55. The fourth-order valence-corrected chi connectivity index (χ4v) is 2.87. The fraction of sp³-hybridized carbons (Fsp3) is 0.478. The smallest absolute Gasteiger partial charge is 0.407 e. The summed E-state index contributed by atoms with van der Waals surface area (Å²) >= 11 is 0. The lowest BCUT2D eigenvalue weighted by Crippen LogP contribution is -2.49. The summed E-state index contributed by atoms with van der Waals surface area (Å²) in [6, 6.07) is 5.93. The number of hydrogen-bond donors (Lipinski definition) is 5. The standard InChI is InChI=1S/C21H29N5O6.C2H4O2/c1-3-4-9-31-21(29)25-17(20(28)30-2)12-24-18(27)11-15-10-16(26-32-15)13-5-7-14(8-6-13)19(22)23;1-2(3)4/h5-8,15,17H,3-4,9-12H2,1-2H3,(H3,22,23)(H,24,27)(H,25,29);1H3,(H,3,4)/t15-,17+;/m1./s1. The van der Waals surface area contributed by atoms with E-state index in [0.717, 1.165) is 18.9 Å². The Balaban J connectivity index is 0.00000150. The molecule has 2 rings (SSSR count). The van der Waals surface area contributed by atoms with Gasteiger partial charge in [-0.15, -0.1) is 0 Å². The molecule has 0 radical (unpaired) electrons. The Labute approximate surface area is 208 Å². The molecule has 13 nitrogen and oxygen atoms in total. The molecule has 2 atom stereocenters. The first-order valence-corrected chi connectivity index (χ1v) is 11.2. The minimum Gasteiger partial charge on any atom is -0.481 e. The average molecular weight is 508 g/mol. The molecule has 0 fully saturated rings. The van der Waals surface area contributed by atoms with Gasteiger partial charge in [0.2, 0.25) is 5.91 Å². The third kappa shape index (κ3) is 11.3. The Kier molecular flexibility index (Phi) is 13.0. The largest absolute Gasteiger partial charge is 0.481 e. The summed E-state index contributed by atoms with van der Waals surface area (Å²) < 4.78 is 9.64. The number of amidine groups is 1. The van der Waals surface area contributed by atoms with Crippen LogP contribution in [0.15, 0.2) is 29.4 Å². The number of carbonyl (C=O) groups is 4. The number of nitrogens with two attached hydrogens (primary N) is 1. The van der Waals surface area contributed by atoms with Crippen LogP contribution >= 0.6 is 0 Å². The van der Waals surface area contributed by atoms with Gasteiger partial charge in [0, 0.05) is 25.5 Å². The molecule has 0 saturated heterocycles. The van der Waals surface area contributed by atoms with Gasteiger partial charge in [0.05, 0.1) is 25.8 Å². The van der Waals surface area contributed by atoms with Crippen LogP contribution in [0.1, 0.15) is 50.7 Å². The summed E-state index contributed by atoms with van der Waals surface area (Å²) in [5.74, 6) is -1.92. The SMILES string of the molecule is CC(=O)O.CCCCOC(=O)N[C@@H](CNC(=O)C[C@H]1CC(c2ccc(C(=N)N)cc2)=NO1)C(=O)OC. The van der Waals surface area contributed by atoms with E-state index < -0.39 is 30.2 Å². The quantitative estimate of drug-likeness (QED) is 0.126. The highest BCUT2D eigenvalue weighted by Crippen LogP contribution is 2.19. The molecule has 2 amide bonds. The topological polar surface area (TPSA) is 202 Å². The zero-order valence-electron chi connectivity index (χ0n) is 20.5. The molecule has 1 aliphatic heterocycles. The third-order valence-corrected chi connectivity index (χ3v) is 4.69. The van der Waals surface area contributed by atoms with Crippen LogP contribution in [-0.2, 0) is 28.7 Å². The number of rotatable bonds is 11. The number of nitrogen functional groups attached to an aromatic ring is 1. The van der Waals surface area contributed by atoms with Crippen molar-refractivity contribution in [1.29, 1.82) is 5.41 Å². The van der Waals surface area contributed by atoms with Crippen LogP contribution < -0.4 is 16.4 Å². The first-order chi connectivity index (χ1) is 17.1. The number of methoxy groups -OCH3 is 1. The maximum Gasteiger partial charge on any atom is 0.407 e. The molecular formula is C23H33N5O8. The summed E-state index contributed by atoms with van der Waals surface area (Å²) in [7, 11) is 1.19. The molecule has 1 aromatic carbocycles. The van der Waals surface area contributed by atoms with Crippen LogP contribution in [0, 0.1) is 5.41 Å². The van der Waals surface area contributed by atoms with Crippen LogP contribution in [-0.4, -0.2) is 73.0 Å². The highest BCUT2D eigenvalue weighted by molar-refractivity contribution is 6.02. The molecule has 0 spiro atoms. The third-order valence-electron chi connectivity index (χ3n) is 4.69. The van der Waals surface area contributed by atoms with E-state index in [0.29, 0.717) is 24.1 Å². The summed E-state index contributed by atoms with van der Waals surface area (Å²) in [4.78, 5) is 50.3. The Morgan fingerprint density at radius 2 is 1.92 bits per heavy atom. The molecule has 1 heterocycles. The van der Waals surface area contributed by atoms with Gasteiger partial charge in [0.15, 0.2) is 0 Å². The monoisotopic (exact) mass is 507 g/mol. The lowest BCUT2D eigenvalue weighted by Gasteiger charge is -2.17. The van der Waals surface area contributed by atoms with E-state index in [1.165, 1.54) is 7.11 Å². The molecule has 13 heteroatoms. The number of nitrogens with zero attached hydrogens (tertiary/aromatic N) is 1. The van der Waals surface area contributed by atoms with E-state index in [1.54, 1.807) is 24.3 Å². The average Bonchev–Trinajstić information content (AvgIpc) is 3.29. The number of nitrogens with one attached hydrogen (secondary N) is 3. The van der Waals surface area contributed by atoms with Crippen molar-refractivity contribution in [1.82, 2.24) is 10.6 Å². The van der Waals surface area contributed by atoms with Gasteiger partial charge in [-0.1, -0.05) is 42.8 Å². The Bertz CT molecular complexity index is 944. The molecule has 6 N–H and O–H groups in total. The first kappa shape index (κ1) is 29.9. The Hall–Kier alpha value is -4.16. The number of unbranched alkanes of at least 4 members (excludes halogenated alkanes) is 1. The molecule has 1 aliphatic rings. The van der Waals surface area contributed by atoms with Crippen LogP contribution in [0.5, 0.6) is 0 Å². The van der Waals surface area contributed by atoms with Crippen molar-refractivity contribution in [2.45, 2.75) is 51.7 Å². The fourth-order valence-electron chi connectivity index (χ4n) is 2.87. The second-order valence-corrected chi connectivity index (χ2v) is 7.70. The van der Waals surface area contributed by atoms with Crippen LogP contribution in [0.3, 0.4) is 0 Å². The zero-order chi connectivity index (χ0) is 27.1. The van der Waals surface area contributed by atoms with Crippen molar-refractivity contribution < 1.29 is 38.6 Å². The van der Waals surface area contributed by atoms with Crippen molar-refractivity contribution in [3.05, 3.63) is 35.4 Å². The Morgan fingerprint density at radius 1 is 1.28 bits per heavy atom. The van der Waals surface area contributed by atoms with Crippen molar-refractivity contribution in [3.63, 3.8) is 0 Å². The van der Waals surface area contributed by atoms with Crippen LogP contribution in [0.4, 0.5) is 4.79 Å². The number of hydrogen-bond acceptors (Lipinski definition) is 9. The first-order valence-electron chi connectivity index (χ1n) is 11.2. The molecular weight excluding hydrogens is 474 g/mol. The molecule has 0 aromatic heterocycles. The normalized spacial score (nSPS) is 14.6. The summed E-state index contributed by atoms with van der Waals surface area (Å²) in [6.45, 7) is 3.13. The second kappa shape index (κ2) is 15.7. The zero-order valence-corrected chi connectivity index (χ0v) is 20.5. The van der Waals surface area contributed by atoms with Crippen LogP contribution in [0.25, 0.3) is 0 Å². The lowest BCUT2D eigenvalue weighted by atomic mass is 10.0. The molecule has 0 bridgehead atoms. The number of aliphatic carboxylic acids is 1. The van der Waals surface area contributed by atoms with Crippen LogP contribution in [0.2, 0.25) is 0 Å². The van der Waals surface area contributed by atoms with Gasteiger partial charge in [-0.25, -0.2) is 9.59 Å². The molecule has 0 saturated carbocycles. The number of ether oxygens (including phenoxy) is 2. The van der Waals surface area contributed by atoms with Crippen molar-refractivity contribution in [2.24, 2.45) is 10.9 Å². The van der Waals surface area contributed by atoms with E-state index in [1.807, 2.05) is 6.92 Å². The van der Waals surface area contributed by atoms with Gasteiger partial charge in [-0.3, -0.25) is 15.0 Å². The van der Waals surface area contributed by atoms with Crippen molar-refractivity contribution in [3.8, 4) is 0 Å². The lowest BCUT2D eigenvalue weighted by molar-refractivity contribution is -0.143. The van der Waals surface area contributed by atoms with E-state index in [-0.39, 0.29) is 31.3 Å². The number of alkyl carbamates (subject to hydrolysis) is 1. The van der Waals surface area contributed by atoms with E-state index in [4.69, 9.17) is 30.6 Å². The highest BCUT2D eigenvalue weighted by atomic mass is 16.6. The van der Waals surface area contributed by atoms with E-state index in [9.17, 15) is 14.4 Å². The summed E-state index contributed by atoms with van der Waals surface area (Å²) in [6.07, 6.45) is 0.807. The summed E-state index contributed by atoms with van der Waals surface area (Å²) in [5, 5.41) is 23.9. The van der Waals surface area contributed by atoms with Crippen molar-refractivity contribution in [2.75, 3.05) is 20.3 Å². The molecule has 0 aliphatic carbocycles. The van der Waals surface area contributed by atoms with Crippen molar-refractivity contribution >= 4 is 35.5 Å².